The molecule has 2 N–H and O–H groups in total. The molecule has 1 saturated heterocycles. The predicted octanol–water partition coefficient (Wildman–Crippen LogP) is 0.763. The summed E-state index contributed by atoms with van der Waals surface area (Å²) in [5.41, 5.74) is 8.18. The van der Waals surface area contributed by atoms with Gasteiger partial charge in [0.25, 0.3) is 0 Å². The van der Waals surface area contributed by atoms with Gasteiger partial charge in [-0.2, -0.15) is 5.10 Å². The lowest BCUT2D eigenvalue weighted by Gasteiger charge is -2.32. The van der Waals surface area contributed by atoms with Gasteiger partial charge in [-0.15, -0.1) is 0 Å². The van der Waals surface area contributed by atoms with E-state index in [4.69, 9.17) is 10.5 Å². The first-order chi connectivity index (χ1) is 9.99. The second-order valence-electron chi connectivity index (χ2n) is 6.10. The maximum Gasteiger partial charge on any atom is 0.216 e. The van der Waals surface area contributed by atoms with Gasteiger partial charge in [0.1, 0.15) is 0 Å². The number of aryl methyl sites for hydroxylation is 2. The number of rotatable bonds is 6. The zero-order valence-corrected chi connectivity index (χ0v) is 14.0. The van der Waals surface area contributed by atoms with Gasteiger partial charge in [0.2, 0.25) is 5.88 Å². The molecule has 1 fully saturated rings. The molecular weight excluding hydrogens is 266 g/mol. The van der Waals surface area contributed by atoms with Crippen molar-refractivity contribution in [3.05, 3.63) is 11.3 Å². The molecule has 1 aromatic heterocycles. The van der Waals surface area contributed by atoms with Crippen molar-refractivity contribution in [1.82, 2.24) is 19.6 Å². The third kappa shape index (κ3) is 3.22. The summed E-state index contributed by atoms with van der Waals surface area (Å²) in [5, 5.41) is 4.48. The molecule has 0 amide bonds. The standard InChI is InChI=1S/C15H29N5O/c1-11-14(15(21-5)20(4)17-11)13(9-16)19(3)10-12-7-6-8-18(12)2/h12-13H,6-10,16H2,1-5H3. The fourth-order valence-electron chi connectivity index (χ4n) is 3.47. The summed E-state index contributed by atoms with van der Waals surface area (Å²) in [6.07, 6.45) is 2.55. The van der Waals surface area contributed by atoms with Gasteiger partial charge < -0.3 is 15.4 Å². The maximum atomic E-state index is 6.07. The Labute approximate surface area is 127 Å². The minimum atomic E-state index is 0.141. The molecule has 0 aliphatic carbocycles. The van der Waals surface area contributed by atoms with E-state index >= 15 is 0 Å². The van der Waals surface area contributed by atoms with E-state index in [-0.39, 0.29) is 6.04 Å². The summed E-state index contributed by atoms with van der Waals surface area (Å²) in [7, 11) is 7.96. The van der Waals surface area contributed by atoms with Gasteiger partial charge >= 0.3 is 0 Å². The van der Waals surface area contributed by atoms with Crippen LogP contribution in [0.2, 0.25) is 0 Å². The van der Waals surface area contributed by atoms with Crippen LogP contribution < -0.4 is 10.5 Å². The van der Waals surface area contributed by atoms with E-state index in [1.165, 1.54) is 19.4 Å². The number of nitrogens with zero attached hydrogens (tertiary/aromatic N) is 4. The SMILES string of the molecule is COc1c(C(CN)N(C)CC2CCCN2C)c(C)nn1C. The van der Waals surface area contributed by atoms with Crippen LogP contribution >= 0.6 is 0 Å². The van der Waals surface area contributed by atoms with Crippen LogP contribution in [0.5, 0.6) is 5.88 Å². The molecule has 0 spiro atoms. The first-order valence-corrected chi connectivity index (χ1v) is 7.67. The molecule has 120 valence electrons. The van der Waals surface area contributed by atoms with Crippen molar-refractivity contribution in [2.75, 3.05) is 40.8 Å². The Bertz CT molecular complexity index is 473. The molecular formula is C15H29N5O. The fourth-order valence-corrected chi connectivity index (χ4v) is 3.47. The minimum absolute atomic E-state index is 0.141. The number of likely N-dealkylation sites (N-methyl/N-ethyl adjacent to an activating group) is 2. The molecule has 6 nitrogen and oxygen atoms in total. The van der Waals surface area contributed by atoms with Crippen molar-refractivity contribution in [2.24, 2.45) is 12.8 Å². The zero-order valence-electron chi connectivity index (χ0n) is 14.0. The molecule has 1 aliphatic heterocycles. The summed E-state index contributed by atoms with van der Waals surface area (Å²) in [5.74, 6) is 0.814. The summed E-state index contributed by atoms with van der Waals surface area (Å²) in [6, 6.07) is 0.759. The normalized spacial score (nSPS) is 21.2. The third-order valence-corrected chi connectivity index (χ3v) is 4.67. The number of likely N-dealkylation sites (tertiary alicyclic amines) is 1. The van der Waals surface area contributed by atoms with Gasteiger partial charge in [-0.1, -0.05) is 0 Å². The lowest BCUT2D eigenvalue weighted by Crippen LogP contribution is -2.40. The monoisotopic (exact) mass is 295 g/mol. The molecule has 2 unspecified atom stereocenters. The van der Waals surface area contributed by atoms with E-state index in [0.29, 0.717) is 12.6 Å². The van der Waals surface area contributed by atoms with Crippen LogP contribution in [0.3, 0.4) is 0 Å². The molecule has 2 atom stereocenters. The van der Waals surface area contributed by atoms with Gasteiger partial charge in [-0.25, -0.2) is 4.68 Å². The first kappa shape index (κ1) is 16.3. The number of aromatic nitrogens is 2. The van der Waals surface area contributed by atoms with E-state index in [1.54, 1.807) is 11.8 Å². The molecule has 0 aromatic carbocycles. The first-order valence-electron chi connectivity index (χ1n) is 7.67. The highest BCUT2D eigenvalue weighted by atomic mass is 16.5. The largest absolute Gasteiger partial charge is 0.481 e. The van der Waals surface area contributed by atoms with E-state index < -0.39 is 0 Å². The molecule has 0 bridgehead atoms. The Morgan fingerprint density at radius 2 is 2.19 bits per heavy atom. The van der Waals surface area contributed by atoms with Gasteiger partial charge in [0, 0.05) is 26.2 Å². The Hall–Kier alpha value is -1.11. The average Bonchev–Trinajstić information content (AvgIpc) is 2.95. The van der Waals surface area contributed by atoms with Crippen LogP contribution in [-0.2, 0) is 7.05 Å². The second-order valence-corrected chi connectivity index (χ2v) is 6.10. The number of methoxy groups -OCH3 is 1. The maximum absolute atomic E-state index is 6.07. The van der Waals surface area contributed by atoms with Crippen LogP contribution in [0.15, 0.2) is 0 Å². The van der Waals surface area contributed by atoms with E-state index in [0.717, 1.165) is 23.7 Å². The summed E-state index contributed by atoms with van der Waals surface area (Å²) < 4.78 is 7.32. The number of hydrogen-bond donors (Lipinski definition) is 1. The molecule has 2 heterocycles. The molecule has 1 aliphatic rings. The summed E-state index contributed by atoms with van der Waals surface area (Å²) in [4.78, 5) is 4.79. The van der Waals surface area contributed by atoms with Crippen molar-refractivity contribution in [1.29, 1.82) is 0 Å². The van der Waals surface area contributed by atoms with Crippen LogP contribution in [0, 0.1) is 6.92 Å². The molecule has 6 heteroatoms. The Morgan fingerprint density at radius 3 is 2.71 bits per heavy atom. The second kappa shape index (κ2) is 6.77. The summed E-state index contributed by atoms with van der Waals surface area (Å²) in [6.45, 7) is 4.81. The van der Waals surface area contributed by atoms with Crippen LogP contribution in [-0.4, -0.2) is 66.5 Å². The van der Waals surface area contributed by atoms with E-state index in [1.807, 2.05) is 14.0 Å². The van der Waals surface area contributed by atoms with Crippen LogP contribution in [0.25, 0.3) is 0 Å². The minimum Gasteiger partial charge on any atom is -0.481 e. The number of nitrogens with two attached hydrogens (primary N) is 1. The van der Waals surface area contributed by atoms with Crippen LogP contribution in [0.4, 0.5) is 0 Å². The van der Waals surface area contributed by atoms with Crippen molar-refractivity contribution in [2.45, 2.75) is 31.8 Å². The van der Waals surface area contributed by atoms with Crippen LogP contribution in [0.1, 0.15) is 30.1 Å². The van der Waals surface area contributed by atoms with E-state index in [2.05, 4.69) is 29.0 Å². The lowest BCUT2D eigenvalue weighted by molar-refractivity contribution is 0.177. The van der Waals surface area contributed by atoms with E-state index in [9.17, 15) is 0 Å². The molecule has 1 aromatic rings. The van der Waals surface area contributed by atoms with Gasteiger partial charge in [-0.3, -0.25) is 4.90 Å². The molecule has 2 rings (SSSR count). The molecule has 0 saturated carbocycles. The van der Waals surface area contributed by atoms with Gasteiger partial charge in [-0.05, 0) is 40.4 Å². The van der Waals surface area contributed by atoms with Crippen molar-refractivity contribution in [3.8, 4) is 5.88 Å². The van der Waals surface area contributed by atoms with Crippen molar-refractivity contribution >= 4 is 0 Å². The Kier molecular flexibility index (Phi) is 5.24. The summed E-state index contributed by atoms with van der Waals surface area (Å²) >= 11 is 0. The highest BCUT2D eigenvalue weighted by molar-refractivity contribution is 5.34. The molecule has 21 heavy (non-hydrogen) atoms. The lowest BCUT2D eigenvalue weighted by atomic mass is 10.0. The predicted molar refractivity (Wildman–Crippen MR) is 84.6 cm³/mol. The van der Waals surface area contributed by atoms with Gasteiger partial charge in [0.15, 0.2) is 0 Å². The number of ether oxygens (including phenoxy) is 1. The Balaban J connectivity index is 2.19. The fraction of sp³-hybridized carbons (Fsp3) is 0.800. The topological polar surface area (TPSA) is 59.6 Å². The third-order valence-electron chi connectivity index (χ3n) is 4.67. The highest BCUT2D eigenvalue weighted by Gasteiger charge is 2.29. The number of hydrogen-bond acceptors (Lipinski definition) is 5. The Morgan fingerprint density at radius 1 is 1.48 bits per heavy atom. The zero-order chi connectivity index (χ0) is 15.6. The van der Waals surface area contributed by atoms with Crippen molar-refractivity contribution < 1.29 is 4.74 Å². The quantitative estimate of drug-likeness (QED) is 0.840. The van der Waals surface area contributed by atoms with Gasteiger partial charge in [0.05, 0.1) is 24.4 Å². The smallest absolute Gasteiger partial charge is 0.216 e. The highest BCUT2D eigenvalue weighted by Crippen LogP contribution is 2.31. The van der Waals surface area contributed by atoms with Crippen molar-refractivity contribution in [3.63, 3.8) is 0 Å². The molecule has 0 radical (unpaired) electrons. The average molecular weight is 295 g/mol.